The lowest BCUT2D eigenvalue weighted by Crippen LogP contribution is -2.34. The third-order valence-electron chi connectivity index (χ3n) is 3.66. The van der Waals surface area contributed by atoms with Gasteiger partial charge in [0.2, 0.25) is 0 Å². The van der Waals surface area contributed by atoms with E-state index in [0.29, 0.717) is 12.1 Å². The van der Waals surface area contributed by atoms with Crippen molar-refractivity contribution < 1.29 is 13.5 Å². The van der Waals surface area contributed by atoms with Crippen molar-refractivity contribution in [1.82, 2.24) is 5.32 Å². The van der Waals surface area contributed by atoms with Gasteiger partial charge in [-0.3, -0.25) is 0 Å². The number of ether oxygens (including phenoxy) is 1. The minimum absolute atomic E-state index is 0.268. The molecule has 0 aromatic heterocycles. The van der Waals surface area contributed by atoms with Crippen LogP contribution < -0.4 is 15.0 Å². The van der Waals surface area contributed by atoms with Gasteiger partial charge in [0.1, 0.15) is 5.75 Å². The van der Waals surface area contributed by atoms with E-state index >= 15 is 0 Å². The second-order valence-corrected chi connectivity index (χ2v) is 5.22. The molecule has 1 aliphatic heterocycles. The van der Waals surface area contributed by atoms with Gasteiger partial charge in [0.25, 0.3) is 0 Å². The van der Waals surface area contributed by atoms with Crippen LogP contribution in [0.2, 0.25) is 0 Å². The predicted molar refractivity (Wildman–Crippen MR) is 69.8 cm³/mol. The molecule has 2 aliphatic rings. The number of rotatable bonds is 5. The van der Waals surface area contributed by atoms with Gasteiger partial charge in [-0.15, -0.1) is 0 Å². The van der Waals surface area contributed by atoms with E-state index in [1.54, 1.807) is 12.1 Å². The zero-order valence-corrected chi connectivity index (χ0v) is 10.7. The highest BCUT2D eigenvalue weighted by Gasteiger charge is 2.30. The summed E-state index contributed by atoms with van der Waals surface area (Å²) in [7, 11) is 0. The fraction of sp³-hybridized carbons (Fsp3) is 0.571. The summed E-state index contributed by atoms with van der Waals surface area (Å²) in [6.07, 6.45) is 3.59. The molecule has 0 bridgehead atoms. The van der Waals surface area contributed by atoms with E-state index in [-0.39, 0.29) is 5.75 Å². The Morgan fingerprint density at radius 2 is 1.95 bits per heavy atom. The Balaban J connectivity index is 1.67. The summed E-state index contributed by atoms with van der Waals surface area (Å²) in [5, 5.41) is 3.58. The molecule has 5 heteroatoms. The molecule has 1 aliphatic carbocycles. The number of nitrogens with one attached hydrogen (secondary N) is 1. The molecule has 1 aromatic carbocycles. The average Bonchev–Trinajstić information content (AvgIpc) is 3.06. The van der Waals surface area contributed by atoms with Gasteiger partial charge in [-0.25, -0.2) is 0 Å². The molecule has 1 heterocycles. The third kappa shape index (κ3) is 3.15. The van der Waals surface area contributed by atoms with Gasteiger partial charge in [0.05, 0.1) is 5.69 Å². The molecular formula is C14H18F2N2O. The van der Waals surface area contributed by atoms with Crippen molar-refractivity contribution in [3.8, 4) is 5.75 Å². The van der Waals surface area contributed by atoms with Crippen LogP contribution in [-0.4, -0.2) is 31.8 Å². The van der Waals surface area contributed by atoms with Gasteiger partial charge in [-0.2, -0.15) is 8.78 Å². The summed E-state index contributed by atoms with van der Waals surface area (Å²) < 4.78 is 29.4. The SMILES string of the molecule is FC(F)Oc1ccccc1N1CCC(NC2CC2)C1. The van der Waals surface area contributed by atoms with Crippen molar-refractivity contribution in [2.75, 3.05) is 18.0 Å². The summed E-state index contributed by atoms with van der Waals surface area (Å²) in [5.74, 6) is 0.268. The minimum atomic E-state index is -2.77. The van der Waals surface area contributed by atoms with Crippen LogP contribution in [0.15, 0.2) is 24.3 Å². The number of nitrogens with zero attached hydrogens (tertiary/aromatic N) is 1. The van der Waals surface area contributed by atoms with Gasteiger partial charge < -0.3 is 15.0 Å². The summed E-state index contributed by atoms with van der Waals surface area (Å²) in [5.41, 5.74) is 0.767. The van der Waals surface area contributed by atoms with Gasteiger partial charge in [-0.05, 0) is 31.4 Å². The maximum atomic E-state index is 12.4. The van der Waals surface area contributed by atoms with E-state index in [2.05, 4.69) is 15.0 Å². The highest BCUT2D eigenvalue weighted by molar-refractivity contribution is 5.59. The van der Waals surface area contributed by atoms with Crippen molar-refractivity contribution in [3.05, 3.63) is 24.3 Å². The normalized spacial score (nSPS) is 23.1. The minimum Gasteiger partial charge on any atom is -0.433 e. The van der Waals surface area contributed by atoms with Crippen LogP contribution in [0.5, 0.6) is 5.75 Å². The number of para-hydroxylation sites is 2. The molecule has 2 fully saturated rings. The largest absolute Gasteiger partial charge is 0.433 e. The quantitative estimate of drug-likeness (QED) is 0.888. The van der Waals surface area contributed by atoms with E-state index in [9.17, 15) is 8.78 Å². The molecule has 19 heavy (non-hydrogen) atoms. The lowest BCUT2D eigenvalue weighted by Gasteiger charge is -2.22. The monoisotopic (exact) mass is 268 g/mol. The fourth-order valence-electron chi connectivity index (χ4n) is 2.61. The maximum Gasteiger partial charge on any atom is 0.387 e. The van der Waals surface area contributed by atoms with Crippen LogP contribution in [-0.2, 0) is 0 Å². The Labute approximate surface area is 111 Å². The first kappa shape index (κ1) is 12.7. The topological polar surface area (TPSA) is 24.5 Å². The van der Waals surface area contributed by atoms with Crippen molar-refractivity contribution in [2.24, 2.45) is 0 Å². The number of halogens is 2. The predicted octanol–water partition coefficient (Wildman–Crippen LogP) is 2.62. The Kier molecular flexibility index (Phi) is 3.55. The number of anilines is 1. The standard InChI is InChI=1S/C14H18F2N2O/c15-14(16)19-13-4-2-1-3-12(13)18-8-7-11(9-18)17-10-5-6-10/h1-4,10-11,14,17H,5-9H2. The average molecular weight is 268 g/mol. The third-order valence-corrected chi connectivity index (χ3v) is 3.66. The molecule has 3 nitrogen and oxygen atoms in total. The highest BCUT2D eigenvalue weighted by atomic mass is 19.3. The lowest BCUT2D eigenvalue weighted by molar-refractivity contribution is -0.0495. The van der Waals surface area contributed by atoms with Crippen LogP contribution in [0.25, 0.3) is 0 Å². The van der Waals surface area contributed by atoms with Gasteiger partial charge >= 0.3 is 6.61 Å². The molecule has 1 atom stereocenters. The molecule has 1 unspecified atom stereocenters. The first-order valence-corrected chi connectivity index (χ1v) is 6.77. The number of hydrogen-bond acceptors (Lipinski definition) is 3. The number of benzene rings is 1. The zero-order valence-electron chi connectivity index (χ0n) is 10.7. The maximum absolute atomic E-state index is 12.4. The summed E-state index contributed by atoms with van der Waals surface area (Å²) in [4.78, 5) is 2.12. The molecule has 1 saturated heterocycles. The van der Waals surface area contributed by atoms with E-state index in [1.807, 2.05) is 12.1 Å². The fourth-order valence-corrected chi connectivity index (χ4v) is 2.61. The second kappa shape index (κ2) is 5.33. The van der Waals surface area contributed by atoms with E-state index in [4.69, 9.17) is 0 Å². The molecule has 0 radical (unpaired) electrons. The molecule has 1 aromatic rings. The van der Waals surface area contributed by atoms with Crippen molar-refractivity contribution in [1.29, 1.82) is 0 Å². The number of hydrogen-bond donors (Lipinski definition) is 1. The summed E-state index contributed by atoms with van der Waals surface area (Å²) >= 11 is 0. The van der Waals surface area contributed by atoms with Crippen molar-refractivity contribution in [3.63, 3.8) is 0 Å². The zero-order chi connectivity index (χ0) is 13.2. The van der Waals surface area contributed by atoms with Gasteiger partial charge in [0.15, 0.2) is 0 Å². The Bertz CT molecular complexity index is 437. The van der Waals surface area contributed by atoms with Crippen LogP contribution in [0.4, 0.5) is 14.5 Å². The van der Waals surface area contributed by atoms with Crippen LogP contribution >= 0.6 is 0 Å². The van der Waals surface area contributed by atoms with E-state index < -0.39 is 6.61 Å². The molecule has 0 spiro atoms. The lowest BCUT2D eigenvalue weighted by atomic mass is 10.2. The molecule has 1 N–H and O–H groups in total. The van der Waals surface area contributed by atoms with E-state index in [0.717, 1.165) is 25.2 Å². The van der Waals surface area contributed by atoms with Crippen LogP contribution in [0.1, 0.15) is 19.3 Å². The van der Waals surface area contributed by atoms with Crippen LogP contribution in [0, 0.1) is 0 Å². The summed E-state index contributed by atoms with van der Waals surface area (Å²) in [6, 6.07) is 8.16. The Morgan fingerprint density at radius 1 is 1.16 bits per heavy atom. The van der Waals surface area contributed by atoms with Gasteiger partial charge in [-0.1, -0.05) is 12.1 Å². The Morgan fingerprint density at radius 3 is 2.68 bits per heavy atom. The molecular weight excluding hydrogens is 250 g/mol. The highest BCUT2D eigenvalue weighted by Crippen LogP contribution is 2.32. The summed E-state index contributed by atoms with van der Waals surface area (Å²) in [6.45, 7) is -1.03. The van der Waals surface area contributed by atoms with E-state index in [1.165, 1.54) is 12.8 Å². The molecule has 104 valence electrons. The van der Waals surface area contributed by atoms with Crippen LogP contribution in [0.3, 0.4) is 0 Å². The first-order chi connectivity index (χ1) is 9.22. The van der Waals surface area contributed by atoms with Crippen molar-refractivity contribution in [2.45, 2.75) is 38.0 Å². The number of alkyl halides is 2. The Hall–Kier alpha value is -1.36. The van der Waals surface area contributed by atoms with Gasteiger partial charge in [0, 0.05) is 25.2 Å². The smallest absolute Gasteiger partial charge is 0.387 e. The second-order valence-electron chi connectivity index (χ2n) is 5.22. The molecule has 1 saturated carbocycles. The molecule has 0 amide bonds. The van der Waals surface area contributed by atoms with Crippen molar-refractivity contribution >= 4 is 5.69 Å². The molecule has 3 rings (SSSR count). The first-order valence-electron chi connectivity index (χ1n) is 6.77.